The first-order valence-electron chi connectivity index (χ1n) is 6.69. The molecule has 3 nitrogen and oxygen atoms in total. The van der Waals surface area contributed by atoms with Gasteiger partial charge in [-0.25, -0.2) is 0 Å². The summed E-state index contributed by atoms with van der Waals surface area (Å²) in [6, 6.07) is 10.4. The Morgan fingerprint density at radius 3 is 2.72 bits per heavy atom. The molecule has 0 aromatic heterocycles. The summed E-state index contributed by atoms with van der Waals surface area (Å²) in [6.45, 7) is 4.75. The van der Waals surface area contributed by atoms with Crippen molar-refractivity contribution >= 4 is 5.91 Å². The lowest BCUT2D eigenvalue weighted by molar-refractivity contribution is -0.133. The molecule has 0 saturated carbocycles. The maximum atomic E-state index is 12.0. The molecular weight excluding hydrogens is 224 g/mol. The zero-order valence-electron chi connectivity index (χ0n) is 11.2. The summed E-state index contributed by atoms with van der Waals surface area (Å²) in [5.74, 6) is 0.633. The zero-order valence-corrected chi connectivity index (χ0v) is 11.2. The van der Waals surface area contributed by atoms with E-state index in [1.54, 1.807) is 6.92 Å². The van der Waals surface area contributed by atoms with Gasteiger partial charge in [-0.1, -0.05) is 30.3 Å². The average molecular weight is 246 g/mol. The molecule has 1 aliphatic rings. The summed E-state index contributed by atoms with van der Waals surface area (Å²) in [6.07, 6.45) is 2.12. The Kier molecular flexibility index (Phi) is 4.02. The number of benzene rings is 1. The van der Waals surface area contributed by atoms with E-state index in [4.69, 9.17) is 5.73 Å². The van der Waals surface area contributed by atoms with E-state index in [-0.39, 0.29) is 11.9 Å². The van der Waals surface area contributed by atoms with Gasteiger partial charge in [-0.3, -0.25) is 4.79 Å². The molecule has 2 N–H and O–H groups in total. The fourth-order valence-corrected chi connectivity index (χ4v) is 2.77. The Morgan fingerprint density at radius 1 is 1.44 bits per heavy atom. The van der Waals surface area contributed by atoms with Gasteiger partial charge >= 0.3 is 0 Å². The van der Waals surface area contributed by atoms with Crippen LogP contribution in [0.3, 0.4) is 0 Å². The van der Waals surface area contributed by atoms with E-state index in [0.29, 0.717) is 12.0 Å². The number of hydrogen-bond donors (Lipinski definition) is 1. The average Bonchev–Trinajstić information content (AvgIpc) is 2.71. The van der Waals surface area contributed by atoms with Crippen LogP contribution in [-0.2, 0) is 11.2 Å². The molecule has 1 aliphatic heterocycles. The molecule has 98 valence electrons. The maximum Gasteiger partial charge on any atom is 0.239 e. The van der Waals surface area contributed by atoms with Crippen LogP contribution < -0.4 is 5.73 Å². The summed E-state index contributed by atoms with van der Waals surface area (Å²) in [7, 11) is 0. The number of amides is 1. The van der Waals surface area contributed by atoms with Gasteiger partial charge in [-0.2, -0.15) is 0 Å². The van der Waals surface area contributed by atoms with E-state index in [9.17, 15) is 4.79 Å². The monoisotopic (exact) mass is 246 g/mol. The molecule has 0 spiro atoms. The van der Waals surface area contributed by atoms with Crippen LogP contribution in [0.5, 0.6) is 0 Å². The number of rotatable bonds is 3. The SMILES string of the molecule is C[C@@H]1[C@H](Cc2ccccc2)CCN1C(=O)[C@@H](C)N. The number of nitrogens with two attached hydrogens (primary N) is 1. The number of likely N-dealkylation sites (tertiary alicyclic amines) is 1. The van der Waals surface area contributed by atoms with Gasteiger partial charge in [-0.05, 0) is 38.2 Å². The van der Waals surface area contributed by atoms with Crippen LogP contribution in [-0.4, -0.2) is 29.4 Å². The fraction of sp³-hybridized carbons (Fsp3) is 0.533. The van der Waals surface area contributed by atoms with Crippen molar-refractivity contribution in [1.29, 1.82) is 0 Å². The first-order chi connectivity index (χ1) is 8.59. The molecule has 0 aliphatic carbocycles. The second kappa shape index (κ2) is 5.53. The van der Waals surface area contributed by atoms with Crippen LogP contribution in [0, 0.1) is 5.92 Å². The molecule has 18 heavy (non-hydrogen) atoms. The van der Waals surface area contributed by atoms with Crippen LogP contribution in [0.4, 0.5) is 0 Å². The summed E-state index contributed by atoms with van der Waals surface area (Å²) < 4.78 is 0. The largest absolute Gasteiger partial charge is 0.338 e. The lowest BCUT2D eigenvalue weighted by Gasteiger charge is -2.26. The van der Waals surface area contributed by atoms with Crippen molar-refractivity contribution in [3.05, 3.63) is 35.9 Å². The van der Waals surface area contributed by atoms with Crippen LogP contribution in [0.25, 0.3) is 0 Å². The van der Waals surface area contributed by atoms with Crippen LogP contribution in [0.2, 0.25) is 0 Å². The number of hydrogen-bond acceptors (Lipinski definition) is 2. The Morgan fingerprint density at radius 2 is 2.11 bits per heavy atom. The molecule has 0 radical (unpaired) electrons. The molecule has 3 heteroatoms. The standard InChI is InChI=1S/C15H22N2O/c1-11(16)15(18)17-9-8-14(12(17)2)10-13-6-4-3-5-7-13/h3-7,11-12,14H,8-10,16H2,1-2H3/t11-,12-,14+/m1/s1. The minimum absolute atomic E-state index is 0.0815. The topological polar surface area (TPSA) is 46.3 Å². The highest BCUT2D eigenvalue weighted by atomic mass is 16.2. The minimum Gasteiger partial charge on any atom is -0.338 e. The smallest absolute Gasteiger partial charge is 0.239 e. The third kappa shape index (κ3) is 2.72. The van der Waals surface area contributed by atoms with Gasteiger partial charge in [0.15, 0.2) is 0 Å². The highest BCUT2D eigenvalue weighted by molar-refractivity contribution is 5.81. The lowest BCUT2D eigenvalue weighted by atomic mass is 9.93. The predicted molar refractivity (Wildman–Crippen MR) is 73.1 cm³/mol. The van der Waals surface area contributed by atoms with Crippen molar-refractivity contribution in [2.24, 2.45) is 11.7 Å². The van der Waals surface area contributed by atoms with E-state index in [2.05, 4.69) is 31.2 Å². The molecule has 1 amide bonds. The first-order valence-corrected chi connectivity index (χ1v) is 6.69. The van der Waals surface area contributed by atoms with Gasteiger partial charge in [0, 0.05) is 12.6 Å². The quantitative estimate of drug-likeness (QED) is 0.884. The van der Waals surface area contributed by atoms with Gasteiger partial charge in [0.05, 0.1) is 6.04 Å². The Bertz CT molecular complexity index is 402. The third-order valence-corrected chi connectivity index (χ3v) is 3.93. The lowest BCUT2D eigenvalue weighted by Crippen LogP contribution is -2.44. The molecule has 1 saturated heterocycles. The molecule has 2 rings (SSSR count). The normalized spacial score (nSPS) is 25.2. The molecule has 1 aromatic carbocycles. The number of carbonyl (C=O) groups excluding carboxylic acids is 1. The van der Waals surface area contributed by atoms with Gasteiger partial charge in [0.2, 0.25) is 5.91 Å². The number of carbonyl (C=O) groups is 1. The summed E-state index contributed by atoms with van der Waals surface area (Å²) in [5, 5.41) is 0. The maximum absolute atomic E-state index is 12.0. The highest BCUT2D eigenvalue weighted by Crippen LogP contribution is 2.27. The second-order valence-electron chi connectivity index (χ2n) is 5.30. The highest BCUT2D eigenvalue weighted by Gasteiger charge is 2.34. The van der Waals surface area contributed by atoms with Crippen molar-refractivity contribution in [3.8, 4) is 0 Å². The Balaban J connectivity index is 1.99. The van der Waals surface area contributed by atoms with Crippen molar-refractivity contribution in [3.63, 3.8) is 0 Å². The van der Waals surface area contributed by atoms with E-state index in [1.165, 1.54) is 5.56 Å². The van der Waals surface area contributed by atoms with E-state index in [1.807, 2.05) is 11.0 Å². The van der Waals surface area contributed by atoms with Gasteiger partial charge < -0.3 is 10.6 Å². The molecule has 1 heterocycles. The van der Waals surface area contributed by atoms with E-state index in [0.717, 1.165) is 19.4 Å². The number of nitrogens with zero attached hydrogens (tertiary/aromatic N) is 1. The van der Waals surface area contributed by atoms with Crippen LogP contribution >= 0.6 is 0 Å². The molecule has 1 aromatic rings. The second-order valence-corrected chi connectivity index (χ2v) is 5.30. The van der Waals surface area contributed by atoms with Gasteiger partial charge in [-0.15, -0.1) is 0 Å². The van der Waals surface area contributed by atoms with Crippen molar-refractivity contribution in [2.45, 2.75) is 38.8 Å². The molecule has 1 fully saturated rings. The van der Waals surface area contributed by atoms with Gasteiger partial charge in [0.1, 0.15) is 0 Å². The van der Waals surface area contributed by atoms with Crippen LogP contribution in [0.1, 0.15) is 25.8 Å². The molecule has 3 atom stereocenters. The van der Waals surface area contributed by atoms with Crippen molar-refractivity contribution in [1.82, 2.24) is 4.90 Å². The third-order valence-electron chi connectivity index (χ3n) is 3.93. The van der Waals surface area contributed by atoms with Gasteiger partial charge in [0.25, 0.3) is 0 Å². The predicted octanol–water partition coefficient (Wildman–Crippen LogP) is 1.81. The zero-order chi connectivity index (χ0) is 13.1. The Labute approximate surface area is 109 Å². The van der Waals surface area contributed by atoms with Crippen molar-refractivity contribution in [2.75, 3.05) is 6.54 Å². The minimum atomic E-state index is -0.386. The van der Waals surface area contributed by atoms with Crippen molar-refractivity contribution < 1.29 is 4.79 Å². The summed E-state index contributed by atoms with van der Waals surface area (Å²) >= 11 is 0. The Hall–Kier alpha value is -1.35. The first kappa shape index (κ1) is 13.1. The summed E-state index contributed by atoms with van der Waals surface area (Å²) in [5.41, 5.74) is 7.04. The van der Waals surface area contributed by atoms with E-state index >= 15 is 0 Å². The summed E-state index contributed by atoms with van der Waals surface area (Å²) in [4.78, 5) is 13.9. The molecular formula is C15H22N2O. The van der Waals surface area contributed by atoms with Crippen LogP contribution in [0.15, 0.2) is 30.3 Å². The molecule has 0 unspecified atom stereocenters. The van der Waals surface area contributed by atoms with E-state index < -0.39 is 0 Å². The molecule has 0 bridgehead atoms. The fourth-order valence-electron chi connectivity index (χ4n) is 2.77.